The summed E-state index contributed by atoms with van der Waals surface area (Å²) in [5, 5.41) is 0. The molecule has 3 nitrogen and oxygen atoms in total. The van der Waals surface area contributed by atoms with Gasteiger partial charge in [-0.25, -0.2) is 4.98 Å². The van der Waals surface area contributed by atoms with E-state index in [0.717, 1.165) is 22.3 Å². The van der Waals surface area contributed by atoms with Gasteiger partial charge in [-0.1, -0.05) is 12.1 Å². The average molecular weight is 208 g/mol. The first-order valence-corrected chi connectivity index (χ1v) is 5.11. The predicted octanol–water partition coefficient (Wildman–Crippen LogP) is 2.53. The van der Waals surface area contributed by atoms with Gasteiger partial charge >= 0.3 is 0 Å². The molecular weight excluding hydrogens is 198 g/mol. The zero-order chi connectivity index (χ0) is 11.0. The molecule has 3 rings (SSSR count). The molecule has 2 heterocycles. The molecule has 0 atom stereocenters. The Labute approximate surface area is 93.4 Å². The Morgan fingerprint density at radius 2 is 2.25 bits per heavy atom. The zero-order valence-corrected chi connectivity index (χ0v) is 8.88. The van der Waals surface area contributed by atoms with Gasteiger partial charge in [-0.15, -0.1) is 0 Å². The van der Waals surface area contributed by atoms with Gasteiger partial charge in [0.05, 0.1) is 17.4 Å². The maximum atomic E-state index is 4.32. The maximum absolute atomic E-state index is 4.32. The minimum atomic E-state index is 0.908. The van der Waals surface area contributed by atoms with Crippen molar-refractivity contribution in [1.82, 2.24) is 14.5 Å². The predicted molar refractivity (Wildman–Crippen MR) is 62.4 cm³/mol. The van der Waals surface area contributed by atoms with Crippen molar-refractivity contribution in [2.45, 2.75) is 6.92 Å². The van der Waals surface area contributed by atoms with Gasteiger partial charge in [-0.2, -0.15) is 0 Å². The Bertz CT molecular complexity index is 640. The van der Waals surface area contributed by atoms with Crippen LogP contribution in [0.3, 0.4) is 0 Å². The molecule has 0 aliphatic carbocycles. The van der Waals surface area contributed by atoms with Gasteiger partial charge in [0.1, 0.15) is 11.8 Å². The summed E-state index contributed by atoms with van der Waals surface area (Å²) >= 11 is 0. The van der Waals surface area contributed by atoms with Crippen molar-refractivity contribution < 1.29 is 0 Å². The molecule has 0 aliphatic rings. The van der Waals surface area contributed by atoms with E-state index in [1.54, 1.807) is 12.4 Å². The second-order valence-electron chi connectivity index (χ2n) is 3.66. The lowest BCUT2D eigenvalue weighted by molar-refractivity contribution is 1.07. The molecule has 0 aliphatic heterocycles. The molecule has 2 aromatic heterocycles. The Kier molecular flexibility index (Phi) is 1.96. The number of hydrogen-bond acceptors (Lipinski definition) is 2. The van der Waals surface area contributed by atoms with Crippen molar-refractivity contribution >= 4 is 11.0 Å². The third kappa shape index (κ3) is 1.29. The number of benzene rings is 1. The van der Waals surface area contributed by atoms with Crippen molar-refractivity contribution in [3.8, 4) is 5.69 Å². The first-order chi connectivity index (χ1) is 7.86. The van der Waals surface area contributed by atoms with Crippen LogP contribution in [0.4, 0.5) is 0 Å². The second kappa shape index (κ2) is 3.45. The molecule has 0 unspecified atom stereocenters. The van der Waals surface area contributed by atoms with E-state index in [1.807, 2.05) is 31.5 Å². The molecule has 0 saturated heterocycles. The lowest BCUT2D eigenvalue weighted by atomic mass is 10.2. The molecule has 0 N–H and O–H groups in total. The van der Waals surface area contributed by atoms with Gasteiger partial charge in [-0.3, -0.25) is 9.55 Å². The molecule has 0 bridgehead atoms. The number of fused-ring (bicyclic) bond motifs is 1. The van der Waals surface area contributed by atoms with E-state index < -0.39 is 0 Å². The number of aromatic nitrogens is 3. The summed E-state index contributed by atoms with van der Waals surface area (Å²) in [5.41, 5.74) is 4.19. The number of pyridine rings is 1. The van der Waals surface area contributed by atoms with Gasteiger partial charge in [-0.05, 0) is 30.7 Å². The highest BCUT2D eigenvalue weighted by Crippen LogP contribution is 2.19. The summed E-state index contributed by atoms with van der Waals surface area (Å²) in [6.45, 7) is 2.04. The second-order valence-corrected chi connectivity index (χ2v) is 3.66. The molecule has 3 heteroatoms. The molecule has 0 spiro atoms. The molecule has 16 heavy (non-hydrogen) atoms. The fourth-order valence-corrected chi connectivity index (χ4v) is 1.83. The number of aryl methyl sites for hydroxylation is 1. The average Bonchev–Trinajstić information content (AvgIpc) is 2.74. The van der Waals surface area contributed by atoms with E-state index in [4.69, 9.17) is 0 Å². The van der Waals surface area contributed by atoms with E-state index in [9.17, 15) is 0 Å². The van der Waals surface area contributed by atoms with Gasteiger partial charge in [0.2, 0.25) is 0 Å². The highest BCUT2D eigenvalue weighted by atomic mass is 15.1. The molecule has 0 saturated carbocycles. The van der Waals surface area contributed by atoms with Crippen LogP contribution in [-0.4, -0.2) is 14.5 Å². The minimum Gasteiger partial charge on any atom is -0.298 e. The minimum absolute atomic E-state index is 0.908. The molecule has 0 amide bonds. The molecule has 1 aromatic carbocycles. The highest BCUT2D eigenvalue weighted by molar-refractivity contribution is 5.76. The summed E-state index contributed by atoms with van der Waals surface area (Å²) in [6.07, 6.45) is 5.37. The van der Waals surface area contributed by atoms with Crippen molar-refractivity contribution in [3.05, 3.63) is 54.6 Å². The van der Waals surface area contributed by atoms with E-state index in [2.05, 4.69) is 26.7 Å². The van der Waals surface area contributed by atoms with Crippen LogP contribution in [0.1, 0.15) is 5.56 Å². The van der Waals surface area contributed by atoms with E-state index in [0.29, 0.717) is 0 Å². The number of imidazole rings is 1. The number of rotatable bonds is 1. The van der Waals surface area contributed by atoms with Crippen molar-refractivity contribution in [2.24, 2.45) is 0 Å². The smallest absolute Gasteiger partial charge is 0.107 e. The van der Waals surface area contributed by atoms with Crippen molar-refractivity contribution in [3.63, 3.8) is 0 Å². The van der Waals surface area contributed by atoms with Crippen molar-refractivity contribution in [1.29, 1.82) is 0 Å². The summed E-state index contributed by atoms with van der Waals surface area (Å²) in [6, 6.07) is 11.1. The molecular formula is C13H10N3. The Hall–Kier alpha value is -2.16. The fraction of sp³-hybridized carbons (Fsp3) is 0.0769. The molecule has 3 aromatic rings. The Balaban J connectivity index is 2.31. The third-order valence-corrected chi connectivity index (χ3v) is 2.64. The van der Waals surface area contributed by atoms with Crippen LogP contribution in [0.15, 0.2) is 43.0 Å². The van der Waals surface area contributed by atoms with Crippen LogP contribution in [0, 0.1) is 13.0 Å². The van der Waals surface area contributed by atoms with Crippen LogP contribution in [0.2, 0.25) is 0 Å². The van der Waals surface area contributed by atoms with E-state index in [1.165, 1.54) is 0 Å². The Morgan fingerprint density at radius 1 is 1.31 bits per heavy atom. The zero-order valence-electron chi connectivity index (χ0n) is 8.88. The Morgan fingerprint density at radius 3 is 3.12 bits per heavy atom. The lowest BCUT2D eigenvalue weighted by Crippen LogP contribution is -1.94. The largest absolute Gasteiger partial charge is 0.298 e. The first kappa shape index (κ1) is 9.09. The maximum Gasteiger partial charge on any atom is 0.107 e. The normalized spacial score (nSPS) is 10.8. The summed E-state index contributed by atoms with van der Waals surface area (Å²) in [4.78, 5) is 8.38. The van der Waals surface area contributed by atoms with Gasteiger partial charge in [0, 0.05) is 6.20 Å². The first-order valence-electron chi connectivity index (χ1n) is 5.11. The van der Waals surface area contributed by atoms with Crippen LogP contribution >= 0.6 is 0 Å². The number of nitrogens with zero attached hydrogens (tertiary/aromatic N) is 3. The molecule has 0 fully saturated rings. The SMILES string of the molecule is Cc1[c]cccc1-n1cnc2cnccc21. The van der Waals surface area contributed by atoms with Gasteiger partial charge in [0.15, 0.2) is 0 Å². The monoisotopic (exact) mass is 208 g/mol. The summed E-state index contributed by atoms with van der Waals surface area (Å²) < 4.78 is 2.06. The van der Waals surface area contributed by atoms with Crippen molar-refractivity contribution in [2.75, 3.05) is 0 Å². The van der Waals surface area contributed by atoms with Crippen LogP contribution in [-0.2, 0) is 0 Å². The molecule has 77 valence electrons. The van der Waals surface area contributed by atoms with Crippen LogP contribution in [0.25, 0.3) is 16.7 Å². The quantitative estimate of drug-likeness (QED) is 0.615. The molecule has 1 radical (unpaired) electrons. The van der Waals surface area contributed by atoms with Crippen LogP contribution in [0.5, 0.6) is 0 Å². The third-order valence-electron chi connectivity index (χ3n) is 2.64. The van der Waals surface area contributed by atoms with E-state index >= 15 is 0 Å². The fourth-order valence-electron chi connectivity index (χ4n) is 1.83. The number of hydrogen-bond donors (Lipinski definition) is 0. The standard InChI is InChI=1S/C13H10N3/c1-10-4-2-3-5-12(10)16-9-15-11-8-14-7-6-13(11)16/h2-3,5-9H,1H3. The van der Waals surface area contributed by atoms with Crippen LogP contribution < -0.4 is 0 Å². The topological polar surface area (TPSA) is 30.7 Å². The summed E-state index contributed by atoms with van der Waals surface area (Å²) in [5.74, 6) is 0. The summed E-state index contributed by atoms with van der Waals surface area (Å²) in [7, 11) is 0. The van der Waals surface area contributed by atoms with Gasteiger partial charge < -0.3 is 0 Å². The highest BCUT2D eigenvalue weighted by Gasteiger charge is 2.05. The van der Waals surface area contributed by atoms with Gasteiger partial charge in [0.25, 0.3) is 0 Å². The lowest BCUT2D eigenvalue weighted by Gasteiger charge is -2.06. The van der Waals surface area contributed by atoms with E-state index in [-0.39, 0.29) is 0 Å².